The third kappa shape index (κ3) is 2.23. The van der Waals surface area contributed by atoms with Crippen LogP contribution in [0, 0.1) is 11.6 Å². The standard InChI is InChI=1S/C13H13F2N3O/c14-9-3-2-8(10(15)7-9)6-11-17-12(18-19-11)13(16)4-1-5-13/h2-3,7H,1,4-6,16H2. The van der Waals surface area contributed by atoms with E-state index in [-0.39, 0.29) is 12.3 Å². The van der Waals surface area contributed by atoms with Gasteiger partial charge in [-0.2, -0.15) is 4.98 Å². The summed E-state index contributed by atoms with van der Waals surface area (Å²) in [4.78, 5) is 4.20. The number of benzene rings is 1. The maximum atomic E-state index is 13.5. The molecule has 3 rings (SSSR count). The minimum atomic E-state index is -0.620. The van der Waals surface area contributed by atoms with Crippen LogP contribution in [0.5, 0.6) is 0 Å². The van der Waals surface area contributed by atoms with E-state index in [1.54, 1.807) is 0 Å². The summed E-state index contributed by atoms with van der Waals surface area (Å²) < 4.78 is 31.4. The highest BCUT2D eigenvalue weighted by Gasteiger charge is 2.38. The van der Waals surface area contributed by atoms with E-state index in [0.717, 1.165) is 25.3 Å². The summed E-state index contributed by atoms with van der Waals surface area (Å²) in [6, 6.07) is 3.41. The zero-order valence-electron chi connectivity index (χ0n) is 10.2. The van der Waals surface area contributed by atoms with Gasteiger partial charge in [-0.15, -0.1) is 0 Å². The van der Waals surface area contributed by atoms with E-state index in [2.05, 4.69) is 10.1 Å². The molecule has 6 heteroatoms. The van der Waals surface area contributed by atoms with Gasteiger partial charge in [0.1, 0.15) is 11.6 Å². The first-order valence-electron chi connectivity index (χ1n) is 6.13. The Morgan fingerprint density at radius 1 is 1.32 bits per heavy atom. The molecule has 19 heavy (non-hydrogen) atoms. The lowest BCUT2D eigenvalue weighted by atomic mass is 9.77. The van der Waals surface area contributed by atoms with Crippen molar-refractivity contribution in [1.29, 1.82) is 0 Å². The van der Waals surface area contributed by atoms with Crippen LogP contribution < -0.4 is 5.73 Å². The summed E-state index contributed by atoms with van der Waals surface area (Å²) >= 11 is 0. The monoisotopic (exact) mass is 265 g/mol. The van der Waals surface area contributed by atoms with Crippen LogP contribution in [0.15, 0.2) is 22.7 Å². The fourth-order valence-corrected chi connectivity index (χ4v) is 2.14. The number of nitrogens with two attached hydrogens (primary N) is 1. The van der Waals surface area contributed by atoms with Gasteiger partial charge in [0.05, 0.1) is 12.0 Å². The second-order valence-corrected chi connectivity index (χ2v) is 4.93. The minimum Gasteiger partial charge on any atom is -0.339 e. The molecule has 0 spiro atoms. The van der Waals surface area contributed by atoms with Crippen molar-refractivity contribution in [3.8, 4) is 0 Å². The summed E-state index contributed by atoms with van der Waals surface area (Å²) in [6.45, 7) is 0. The summed E-state index contributed by atoms with van der Waals surface area (Å²) in [7, 11) is 0. The number of hydrogen-bond donors (Lipinski definition) is 1. The highest BCUT2D eigenvalue weighted by atomic mass is 19.1. The molecule has 1 aliphatic carbocycles. The Kier molecular flexibility index (Phi) is 2.82. The van der Waals surface area contributed by atoms with Gasteiger partial charge in [-0.05, 0) is 30.9 Å². The number of halogens is 2. The third-order valence-electron chi connectivity index (χ3n) is 3.52. The van der Waals surface area contributed by atoms with Crippen LogP contribution in [-0.2, 0) is 12.0 Å². The van der Waals surface area contributed by atoms with E-state index in [1.807, 2.05) is 0 Å². The normalized spacial score (nSPS) is 17.2. The highest BCUT2D eigenvalue weighted by molar-refractivity contribution is 5.21. The molecule has 0 radical (unpaired) electrons. The van der Waals surface area contributed by atoms with Crippen LogP contribution in [0.25, 0.3) is 0 Å². The molecule has 0 amide bonds. The van der Waals surface area contributed by atoms with Gasteiger partial charge in [0, 0.05) is 6.07 Å². The lowest BCUT2D eigenvalue weighted by Crippen LogP contribution is -2.44. The van der Waals surface area contributed by atoms with Crippen LogP contribution in [0.2, 0.25) is 0 Å². The van der Waals surface area contributed by atoms with Gasteiger partial charge in [0.25, 0.3) is 0 Å². The topological polar surface area (TPSA) is 64.9 Å². The van der Waals surface area contributed by atoms with Crippen molar-refractivity contribution in [1.82, 2.24) is 10.1 Å². The first-order chi connectivity index (χ1) is 9.07. The average molecular weight is 265 g/mol. The van der Waals surface area contributed by atoms with E-state index in [0.29, 0.717) is 11.4 Å². The van der Waals surface area contributed by atoms with Gasteiger partial charge in [0.2, 0.25) is 5.89 Å². The van der Waals surface area contributed by atoms with Crippen molar-refractivity contribution >= 4 is 0 Å². The molecule has 100 valence electrons. The maximum Gasteiger partial charge on any atom is 0.231 e. The molecule has 2 aromatic rings. The molecule has 1 aromatic heterocycles. The van der Waals surface area contributed by atoms with E-state index in [4.69, 9.17) is 10.3 Å². The van der Waals surface area contributed by atoms with Gasteiger partial charge in [-0.3, -0.25) is 0 Å². The number of rotatable bonds is 3. The van der Waals surface area contributed by atoms with Gasteiger partial charge < -0.3 is 10.3 Å². The van der Waals surface area contributed by atoms with Crippen LogP contribution in [-0.4, -0.2) is 10.1 Å². The SMILES string of the molecule is NC1(c2noc(Cc3ccc(F)cc3F)n2)CCC1. The van der Waals surface area contributed by atoms with Crippen LogP contribution in [0.3, 0.4) is 0 Å². The first kappa shape index (κ1) is 12.2. The Labute approximate surface area is 108 Å². The molecule has 1 aliphatic rings. The average Bonchev–Trinajstić information content (AvgIpc) is 2.79. The fourth-order valence-electron chi connectivity index (χ4n) is 2.14. The van der Waals surface area contributed by atoms with E-state index >= 15 is 0 Å². The van der Waals surface area contributed by atoms with Crippen molar-refractivity contribution in [2.45, 2.75) is 31.2 Å². The maximum absolute atomic E-state index is 13.5. The van der Waals surface area contributed by atoms with Crippen molar-refractivity contribution < 1.29 is 13.3 Å². The first-order valence-corrected chi connectivity index (χ1v) is 6.13. The molecule has 0 saturated heterocycles. The highest BCUT2D eigenvalue weighted by Crippen LogP contribution is 2.36. The predicted molar refractivity (Wildman–Crippen MR) is 63.2 cm³/mol. The van der Waals surface area contributed by atoms with Crippen LogP contribution in [0.4, 0.5) is 8.78 Å². The Hall–Kier alpha value is -1.82. The molecule has 1 fully saturated rings. The molecule has 1 saturated carbocycles. The summed E-state index contributed by atoms with van der Waals surface area (Å²) in [5.41, 5.74) is 5.89. The van der Waals surface area contributed by atoms with E-state index in [9.17, 15) is 8.78 Å². The van der Waals surface area contributed by atoms with Gasteiger partial charge in [0.15, 0.2) is 5.82 Å². The Balaban J connectivity index is 1.80. The molecule has 0 bridgehead atoms. The Bertz CT molecular complexity index is 608. The molecule has 1 heterocycles. The molecule has 1 aromatic carbocycles. The third-order valence-corrected chi connectivity index (χ3v) is 3.52. The molecule has 0 unspecified atom stereocenters. The molecule has 0 atom stereocenters. The lowest BCUT2D eigenvalue weighted by Gasteiger charge is -2.34. The Morgan fingerprint density at radius 3 is 2.74 bits per heavy atom. The van der Waals surface area contributed by atoms with E-state index in [1.165, 1.54) is 12.1 Å². The fraction of sp³-hybridized carbons (Fsp3) is 0.385. The summed E-state index contributed by atoms with van der Waals surface area (Å²) in [6.07, 6.45) is 2.84. The number of nitrogens with zero attached hydrogens (tertiary/aromatic N) is 2. The molecule has 4 nitrogen and oxygen atoms in total. The van der Waals surface area contributed by atoms with Gasteiger partial charge in [-0.1, -0.05) is 11.2 Å². The van der Waals surface area contributed by atoms with Crippen LogP contribution >= 0.6 is 0 Å². The second-order valence-electron chi connectivity index (χ2n) is 4.93. The molecule has 0 aliphatic heterocycles. The summed E-state index contributed by atoms with van der Waals surface area (Å²) in [5.74, 6) is -0.470. The number of hydrogen-bond acceptors (Lipinski definition) is 4. The smallest absolute Gasteiger partial charge is 0.231 e. The van der Waals surface area contributed by atoms with Crippen molar-refractivity contribution in [2.75, 3.05) is 0 Å². The molecular weight excluding hydrogens is 252 g/mol. The summed E-state index contributed by atoms with van der Waals surface area (Å²) in [5, 5.41) is 3.85. The lowest BCUT2D eigenvalue weighted by molar-refractivity contribution is 0.229. The molecule has 2 N–H and O–H groups in total. The van der Waals surface area contributed by atoms with Gasteiger partial charge >= 0.3 is 0 Å². The predicted octanol–water partition coefficient (Wildman–Crippen LogP) is 2.28. The minimum absolute atomic E-state index is 0.134. The van der Waals surface area contributed by atoms with Crippen molar-refractivity contribution in [3.05, 3.63) is 47.1 Å². The quantitative estimate of drug-likeness (QED) is 0.924. The number of aromatic nitrogens is 2. The van der Waals surface area contributed by atoms with Crippen LogP contribution in [0.1, 0.15) is 36.5 Å². The zero-order valence-corrected chi connectivity index (χ0v) is 10.2. The van der Waals surface area contributed by atoms with Gasteiger partial charge in [-0.25, -0.2) is 8.78 Å². The largest absolute Gasteiger partial charge is 0.339 e. The second kappa shape index (κ2) is 4.38. The Morgan fingerprint density at radius 2 is 2.11 bits per heavy atom. The molecular formula is C13H13F2N3O. The van der Waals surface area contributed by atoms with Crippen molar-refractivity contribution in [2.24, 2.45) is 5.73 Å². The van der Waals surface area contributed by atoms with E-state index < -0.39 is 17.2 Å². The van der Waals surface area contributed by atoms with Crippen molar-refractivity contribution in [3.63, 3.8) is 0 Å². The zero-order chi connectivity index (χ0) is 13.5.